The summed E-state index contributed by atoms with van der Waals surface area (Å²) in [6.45, 7) is 0.130. The van der Waals surface area contributed by atoms with Crippen molar-refractivity contribution in [3.05, 3.63) is 68.5 Å². The summed E-state index contributed by atoms with van der Waals surface area (Å²) in [5.74, 6) is 0.459. The van der Waals surface area contributed by atoms with Crippen LogP contribution in [0.25, 0.3) is 11.0 Å². The summed E-state index contributed by atoms with van der Waals surface area (Å²) in [6, 6.07) is 11.9. The van der Waals surface area contributed by atoms with E-state index in [9.17, 15) is 9.59 Å². The maximum absolute atomic E-state index is 12.3. The first-order chi connectivity index (χ1) is 12.1. The van der Waals surface area contributed by atoms with Crippen LogP contribution in [0.5, 0.6) is 11.5 Å². The van der Waals surface area contributed by atoms with Crippen LogP contribution in [0.15, 0.2) is 56.1 Å². The van der Waals surface area contributed by atoms with Crippen molar-refractivity contribution in [1.82, 2.24) is 0 Å². The van der Waals surface area contributed by atoms with Crippen LogP contribution in [0.1, 0.15) is 15.9 Å². The number of fused-ring (bicyclic) bond motifs is 2. The van der Waals surface area contributed by atoms with Crippen LogP contribution < -0.4 is 15.1 Å². The van der Waals surface area contributed by atoms with Crippen molar-refractivity contribution in [1.29, 1.82) is 0 Å². The van der Waals surface area contributed by atoms with E-state index in [-0.39, 0.29) is 19.0 Å². The summed E-state index contributed by atoms with van der Waals surface area (Å²) < 4.78 is 21.7. The van der Waals surface area contributed by atoms with Gasteiger partial charge in [-0.3, -0.25) is 0 Å². The Labute approximate surface area is 150 Å². The number of carbonyl (C=O) groups is 1. The predicted molar refractivity (Wildman–Crippen MR) is 91.9 cm³/mol. The average Bonchev–Trinajstić information content (AvgIpc) is 3.05. The summed E-state index contributed by atoms with van der Waals surface area (Å²) in [5, 5.41) is 0.651. The van der Waals surface area contributed by atoms with Crippen LogP contribution in [0.3, 0.4) is 0 Å². The van der Waals surface area contributed by atoms with E-state index < -0.39 is 11.6 Å². The largest absolute Gasteiger partial charge is 0.457 e. The standard InChI is InChI=1S/C18H11BrO6/c19-13-7-16-15(23-9-24-16)6-11(13)8-22-17(20)12-5-10-3-1-2-4-14(10)25-18(12)21/h1-7H,8-9H2. The van der Waals surface area contributed by atoms with Crippen LogP contribution in [0.2, 0.25) is 0 Å². The van der Waals surface area contributed by atoms with E-state index in [0.29, 0.717) is 28.0 Å². The molecule has 2 heterocycles. The molecule has 1 aromatic heterocycles. The van der Waals surface area contributed by atoms with Gasteiger partial charge in [-0.25, -0.2) is 9.59 Å². The number of hydrogen-bond acceptors (Lipinski definition) is 6. The highest BCUT2D eigenvalue weighted by atomic mass is 79.9. The third-order valence-corrected chi connectivity index (χ3v) is 4.50. The third kappa shape index (κ3) is 2.98. The van der Waals surface area contributed by atoms with Crippen molar-refractivity contribution < 1.29 is 23.4 Å². The third-order valence-electron chi connectivity index (χ3n) is 3.76. The minimum Gasteiger partial charge on any atom is -0.457 e. The molecule has 4 rings (SSSR count). The van der Waals surface area contributed by atoms with Crippen LogP contribution in [-0.4, -0.2) is 12.8 Å². The molecule has 0 N–H and O–H groups in total. The fourth-order valence-electron chi connectivity index (χ4n) is 2.50. The molecule has 0 radical (unpaired) electrons. The number of esters is 1. The summed E-state index contributed by atoms with van der Waals surface area (Å²) >= 11 is 3.40. The minimum atomic E-state index is -0.746. The van der Waals surface area contributed by atoms with Gasteiger partial charge in [0, 0.05) is 15.4 Å². The fourth-order valence-corrected chi connectivity index (χ4v) is 2.93. The Balaban J connectivity index is 1.57. The Hall–Kier alpha value is -2.80. The zero-order chi connectivity index (χ0) is 17.4. The molecular formula is C18H11BrO6. The second kappa shape index (κ2) is 6.25. The van der Waals surface area contributed by atoms with Crippen molar-refractivity contribution in [2.24, 2.45) is 0 Å². The Morgan fingerprint density at radius 2 is 1.88 bits per heavy atom. The van der Waals surface area contributed by atoms with E-state index in [2.05, 4.69) is 15.9 Å². The summed E-state index contributed by atoms with van der Waals surface area (Å²) in [4.78, 5) is 24.3. The second-order valence-electron chi connectivity index (χ2n) is 5.36. The summed E-state index contributed by atoms with van der Waals surface area (Å²) in [5.41, 5.74) is 0.245. The van der Waals surface area contributed by atoms with Gasteiger partial charge in [-0.2, -0.15) is 0 Å². The molecule has 0 fully saturated rings. The molecule has 0 unspecified atom stereocenters. The lowest BCUT2D eigenvalue weighted by molar-refractivity contribution is 0.0467. The first kappa shape index (κ1) is 15.7. The maximum Gasteiger partial charge on any atom is 0.351 e. The van der Waals surface area contributed by atoms with E-state index >= 15 is 0 Å². The molecule has 0 amide bonds. The van der Waals surface area contributed by atoms with E-state index in [4.69, 9.17) is 18.6 Å². The van der Waals surface area contributed by atoms with Gasteiger partial charge in [0.25, 0.3) is 0 Å². The smallest absolute Gasteiger partial charge is 0.351 e. The molecule has 3 aromatic rings. The van der Waals surface area contributed by atoms with Gasteiger partial charge in [0.1, 0.15) is 17.8 Å². The van der Waals surface area contributed by atoms with E-state index in [0.717, 1.165) is 4.47 Å². The zero-order valence-electron chi connectivity index (χ0n) is 12.8. The van der Waals surface area contributed by atoms with Gasteiger partial charge in [-0.1, -0.05) is 34.1 Å². The lowest BCUT2D eigenvalue weighted by Crippen LogP contribution is -2.16. The van der Waals surface area contributed by atoms with Crippen molar-refractivity contribution >= 4 is 32.9 Å². The normalized spacial score (nSPS) is 12.4. The molecule has 0 saturated carbocycles. The van der Waals surface area contributed by atoms with Crippen LogP contribution in [0.4, 0.5) is 0 Å². The molecule has 25 heavy (non-hydrogen) atoms. The Morgan fingerprint density at radius 3 is 2.72 bits per heavy atom. The first-order valence-corrected chi connectivity index (χ1v) is 8.19. The Bertz CT molecular complexity index is 1040. The molecule has 0 saturated heterocycles. The van der Waals surface area contributed by atoms with E-state index in [1.54, 1.807) is 36.4 Å². The summed E-state index contributed by atoms with van der Waals surface area (Å²) in [6.07, 6.45) is 0. The maximum atomic E-state index is 12.3. The van der Waals surface area contributed by atoms with Crippen molar-refractivity contribution in [3.8, 4) is 11.5 Å². The number of para-hydroxylation sites is 1. The van der Waals surface area contributed by atoms with Crippen LogP contribution in [-0.2, 0) is 11.3 Å². The lowest BCUT2D eigenvalue weighted by Gasteiger charge is -2.08. The first-order valence-electron chi connectivity index (χ1n) is 7.40. The van der Waals surface area contributed by atoms with Gasteiger partial charge in [0.15, 0.2) is 11.5 Å². The number of ether oxygens (including phenoxy) is 3. The number of carbonyl (C=O) groups excluding carboxylic acids is 1. The molecule has 0 bridgehead atoms. The van der Waals surface area contributed by atoms with Crippen molar-refractivity contribution in [2.75, 3.05) is 6.79 Å². The quantitative estimate of drug-likeness (QED) is 0.491. The molecule has 0 atom stereocenters. The molecular weight excluding hydrogens is 392 g/mol. The van der Waals surface area contributed by atoms with Gasteiger partial charge in [-0.15, -0.1) is 0 Å². The molecule has 126 valence electrons. The highest BCUT2D eigenvalue weighted by Crippen LogP contribution is 2.37. The molecule has 1 aliphatic rings. The van der Waals surface area contributed by atoms with Gasteiger partial charge in [0.05, 0.1) is 0 Å². The Morgan fingerprint density at radius 1 is 1.12 bits per heavy atom. The molecule has 1 aliphatic heterocycles. The topological polar surface area (TPSA) is 75.0 Å². The van der Waals surface area contributed by atoms with Crippen molar-refractivity contribution in [2.45, 2.75) is 6.61 Å². The highest BCUT2D eigenvalue weighted by Gasteiger charge is 2.19. The minimum absolute atomic E-state index is 0.0255. The molecule has 6 nitrogen and oxygen atoms in total. The molecule has 7 heteroatoms. The van der Waals surface area contributed by atoms with E-state index in [1.807, 2.05) is 0 Å². The summed E-state index contributed by atoms with van der Waals surface area (Å²) in [7, 11) is 0. The monoisotopic (exact) mass is 402 g/mol. The number of benzene rings is 2. The van der Waals surface area contributed by atoms with Crippen molar-refractivity contribution in [3.63, 3.8) is 0 Å². The average molecular weight is 403 g/mol. The SMILES string of the molecule is O=C(OCc1cc2c(cc1Br)OCO2)c1cc2ccccc2oc1=O. The van der Waals surface area contributed by atoms with Gasteiger partial charge in [0.2, 0.25) is 6.79 Å². The highest BCUT2D eigenvalue weighted by molar-refractivity contribution is 9.10. The van der Waals surface area contributed by atoms with Gasteiger partial charge in [-0.05, 0) is 24.3 Å². The fraction of sp³-hybridized carbons (Fsp3) is 0.111. The number of hydrogen-bond donors (Lipinski definition) is 0. The Kier molecular flexibility index (Phi) is 3.93. The molecule has 2 aromatic carbocycles. The van der Waals surface area contributed by atoms with Gasteiger partial charge < -0.3 is 18.6 Å². The van der Waals surface area contributed by atoms with Gasteiger partial charge >= 0.3 is 11.6 Å². The second-order valence-corrected chi connectivity index (χ2v) is 6.21. The molecule has 0 spiro atoms. The van der Waals surface area contributed by atoms with Crippen LogP contribution in [0, 0.1) is 0 Å². The number of halogens is 1. The molecule has 0 aliphatic carbocycles. The van der Waals surface area contributed by atoms with Crippen LogP contribution >= 0.6 is 15.9 Å². The lowest BCUT2D eigenvalue weighted by atomic mass is 10.2. The van der Waals surface area contributed by atoms with E-state index in [1.165, 1.54) is 6.07 Å². The predicted octanol–water partition coefficient (Wildman–Crippen LogP) is 3.64. The zero-order valence-corrected chi connectivity index (χ0v) is 14.4. The number of rotatable bonds is 3.